The molecule has 0 radical (unpaired) electrons. The van der Waals surface area contributed by atoms with E-state index in [0.717, 1.165) is 5.92 Å². The van der Waals surface area contributed by atoms with E-state index < -0.39 is 0 Å². The summed E-state index contributed by atoms with van der Waals surface area (Å²) in [4.78, 5) is 0. The fraction of sp³-hybridized carbons (Fsp3) is 0.778. The van der Waals surface area contributed by atoms with Gasteiger partial charge in [-0.2, -0.15) is 0 Å². The number of hydrogen-bond donors (Lipinski definition) is 0. The van der Waals surface area contributed by atoms with Gasteiger partial charge in [0.25, 0.3) is 0 Å². The second-order valence-electron chi connectivity index (χ2n) is 3.82. The predicted octanol–water partition coefficient (Wildman–Crippen LogP) is 2.75. The van der Waals surface area contributed by atoms with Gasteiger partial charge in [-0.1, -0.05) is 19.1 Å². The maximum atomic E-state index is 2.43. The zero-order valence-corrected chi connectivity index (χ0v) is 6.06. The Bertz CT molecular complexity index is 146. The van der Waals surface area contributed by atoms with Crippen molar-refractivity contribution in [2.24, 2.45) is 11.3 Å². The fourth-order valence-electron chi connectivity index (χ4n) is 2.22. The molecule has 0 heterocycles. The van der Waals surface area contributed by atoms with Crippen LogP contribution in [0.4, 0.5) is 0 Å². The van der Waals surface area contributed by atoms with E-state index in [0.29, 0.717) is 5.41 Å². The zero-order chi connectivity index (χ0) is 6.32. The van der Waals surface area contributed by atoms with Crippen LogP contribution >= 0.6 is 0 Å². The second-order valence-corrected chi connectivity index (χ2v) is 3.82. The molecule has 0 aromatic heterocycles. The molecule has 0 heteroatoms. The smallest absolute Gasteiger partial charge is 0.00811 e. The number of rotatable bonds is 0. The van der Waals surface area contributed by atoms with Crippen molar-refractivity contribution in [3.63, 3.8) is 0 Å². The van der Waals surface area contributed by atoms with Crippen LogP contribution in [0.25, 0.3) is 0 Å². The monoisotopic (exact) mass is 122 g/mol. The van der Waals surface area contributed by atoms with Crippen LogP contribution in [0.5, 0.6) is 0 Å². The van der Waals surface area contributed by atoms with Crippen LogP contribution in [0.3, 0.4) is 0 Å². The Hall–Kier alpha value is -0.260. The van der Waals surface area contributed by atoms with Crippen molar-refractivity contribution >= 4 is 0 Å². The average Bonchev–Trinajstić information content (AvgIpc) is 2.09. The van der Waals surface area contributed by atoms with Crippen LogP contribution < -0.4 is 0 Å². The van der Waals surface area contributed by atoms with E-state index in [2.05, 4.69) is 19.1 Å². The van der Waals surface area contributed by atoms with Gasteiger partial charge in [0.2, 0.25) is 0 Å². The van der Waals surface area contributed by atoms with E-state index in [1.807, 2.05) is 0 Å². The van der Waals surface area contributed by atoms with Crippen molar-refractivity contribution in [3.05, 3.63) is 12.2 Å². The molecule has 9 heavy (non-hydrogen) atoms. The van der Waals surface area contributed by atoms with Crippen molar-refractivity contribution in [1.29, 1.82) is 0 Å². The topological polar surface area (TPSA) is 0 Å². The second kappa shape index (κ2) is 1.62. The van der Waals surface area contributed by atoms with Crippen LogP contribution in [0.1, 0.15) is 32.6 Å². The lowest BCUT2D eigenvalue weighted by atomic mass is 9.74. The molecule has 2 unspecified atom stereocenters. The minimum atomic E-state index is 0.708. The minimum absolute atomic E-state index is 0.708. The van der Waals surface area contributed by atoms with E-state index in [-0.39, 0.29) is 0 Å². The molecule has 2 rings (SSSR count). The van der Waals surface area contributed by atoms with Crippen LogP contribution in [-0.4, -0.2) is 0 Å². The Kier molecular flexibility index (Phi) is 0.992. The molecular weight excluding hydrogens is 108 g/mol. The summed E-state index contributed by atoms with van der Waals surface area (Å²) in [6, 6.07) is 0. The van der Waals surface area contributed by atoms with Crippen LogP contribution in [0, 0.1) is 11.3 Å². The summed E-state index contributed by atoms with van der Waals surface area (Å²) in [6.45, 7) is 2.38. The van der Waals surface area contributed by atoms with E-state index in [4.69, 9.17) is 0 Å². The molecule has 0 saturated heterocycles. The molecule has 1 spiro atoms. The highest BCUT2D eigenvalue weighted by Crippen LogP contribution is 2.50. The maximum absolute atomic E-state index is 2.43. The van der Waals surface area contributed by atoms with E-state index >= 15 is 0 Å². The maximum Gasteiger partial charge on any atom is -0.00811 e. The number of hydrogen-bond acceptors (Lipinski definition) is 0. The Morgan fingerprint density at radius 3 is 2.56 bits per heavy atom. The molecule has 1 saturated carbocycles. The summed E-state index contributed by atoms with van der Waals surface area (Å²) in [7, 11) is 0. The quantitative estimate of drug-likeness (QED) is 0.433. The molecule has 0 bridgehead atoms. The Morgan fingerprint density at radius 1 is 1.56 bits per heavy atom. The van der Waals surface area contributed by atoms with E-state index in [9.17, 15) is 0 Å². The molecule has 2 aliphatic rings. The van der Waals surface area contributed by atoms with E-state index in [1.165, 1.54) is 25.7 Å². The third-order valence-electron chi connectivity index (χ3n) is 2.89. The van der Waals surface area contributed by atoms with Crippen molar-refractivity contribution in [2.45, 2.75) is 32.6 Å². The van der Waals surface area contributed by atoms with Gasteiger partial charge in [0.05, 0.1) is 0 Å². The van der Waals surface area contributed by atoms with Crippen molar-refractivity contribution < 1.29 is 0 Å². The first kappa shape index (κ1) is 5.52. The normalized spacial score (nSPS) is 47.9. The summed E-state index contributed by atoms with van der Waals surface area (Å²) in [6.07, 6.45) is 10.5. The highest BCUT2D eigenvalue weighted by molar-refractivity contribution is 5.15. The molecule has 0 aromatic carbocycles. The molecule has 1 fully saturated rings. The van der Waals surface area contributed by atoms with Gasteiger partial charge in [0.1, 0.15) is 0 Å². The van der Waals surface area contributed by atoms with Gasteiger partial charge in [-0.15, -0.1) is 0 Å². The van der Waals surface area contributed by atoms with Gasteiger partial charge < -0.3 is 0 Å². The zero-order valence-electron chi connectivity index (χ0n) is 6.06. The molecule has 0 aromatic rings. The third kappa shape index (κ3) is 0.726. The molecular formula is C9H14. The summed E-state index contributed by atoms with van der Waals surface area (Å²) in [5, 5.41) is 0. The SMILES string of the molecule is CC1CCC2(C=CC2)C1. The highest BCUT2D eigenvalue weighted by atomic mass is 14.4. The molecule has 0 amide bonds. The van der Waals surface area contributed by atoms with Crippen molar-refractivity contribution in [3.8, 4) is 0 Å². The summed E-state index contributed by atoms with van der Waals surface area (Å²) in [5.41, 5.74) is 0.708. The van der Waals surface area contributed by atoms with Gasteiger partial charge in [-0.05, 0) is 37.0 Å². The molecule has 0 nitrogen and oxygen atoms in total. The fourth-order valence-corrected chi connectivity index (χ4v) is 2.22. The molecule has 2 aliphatic carbocycles. The summed E-state index contributed by atoms with van der Waals surface area (Å²) in [5.74, 6) is 0.995. The molecule has 50 valence electrons. The Morgan fingerprint density at radius 2 is 2.33 bits per heavy atom. The van der Waals surface area contributed by atoms with Gasteiger partial charge in [-0.3, -0.25) is 0 Å². The van der Waals surface area contributed by atoms with E-state index in [1.54, 1.807) is 0 Å². The van der Waals surface area contributed by atoms with Crippen LogP contribution in [0.15, 0.2) is 12.2 Å². The average molecular weight is 122 g/mol. The lowest BCUT2D eigenvalue weighted by Gasteiger charge is -2.30. The predicted molar refractivity (Wildman–Crippen MR) is 39.2 cm³/mol. The van der Waals surface area contributed by atoms with Gasteiger partial charge >= 0.3 is 0 Å². The van der Waals surface area contributed by atoms with Gasteiger partial charge in [0, 0.05) is 0 Å². The standard InChI is InChI=1S/C9H14/c1-8-3-6-9(7-8)4-2-5-9/h2,4,8H,3,5-7H2,1H3. The highest BCUT2D eigenvalue weighted by Gasteiger charge is 2.37. The molecule has 2 atom stereocenters. The van der Waals surface area contributed by atoms with Crippen molar-refractivity contribution in [2.75, 3.05) is 0 Å². The molecule has 0 aliphatic heterocycles. The first-order valence-electron chi connectivity index (χ1n) is 3.98. The first-order chi connectivity index (χ1) is 4.31. The lowest BCUT2D eigenvalue weighted by molar-refractivity contribution is 0.349. The minimum Gasteiger partial charge on any atom is -0.0871 e. The lowest BCUT2D eigenvalue weighted by Crippen LogP contribution is -2.18. The molecule has 0 N–H and O–H groups in total. The van der Waals surface area contributed by atoms with Crippen molar-refractivity contribution in [1.82, 2.24) is 0 Å². The summed E-state index contributed by atoms with van der Waals surface area (Å²) < 4.78 is 0. The van der Waals surface area contributed by atoms with Crippen LogP contribution in [-0.2, 0) is 0 Å². The first-order valence-corrected chi connectivity index (χ1v) is 3.98. The number of allylic oxidation sites excluding steroid dienone is 2. The third-order valence-corrected chi connectivity index (χ3v) is 2.89. The van der Waals surface area contributed by atoms with Crippen LogP contribution in [0.2, 0.25) is 0 Å². The van der Waals surface area contributed by atoms with Gasteiger partial charge in [0.15, 0.2) is 0 Å². The summed E-state index contributed by atoms with van der Waals surface area (Å²) >= 11 is 0. The largest absolute Gasteiger partial charge is 0.0871 e. The Labute approximate surface area is 57.0 Å². The van der Waals surface area contributed by atoms with Gasteiger partial charge in [-0.25, -0.2) is 0 Å². The Balaban J connectivity index is 2.09.